The van der Waals surface area contributed by atoms with Crippen molar-refractivity contribution in [2.24, 2.45) is 0 Å². The summed E-state index contributed by atoms with van der Waals surface area (Å²) in [5, 5.41) is -0.0133. The van der Waals surface area contributed by atoms with Gasteiger partial charge in [-0.1, -0.05) is 18.5 Å². The highest BCUT2D eigenvalue weighted by Gasteiger charge is 2.20. The summed E-state index contributed by atoms with van der Waals surface area (Å²) in [6.07, 6.45) is 0.589. The number of anilines is 1. The van der Waals surface area contributed by atoms with Crippen molar-refractivity contribution < 1.29 is 13.9 Å². The lowest BCUT2D eigenvalue weighted by Gasteiger charge is -2.12. The molecule has 3 N–H and O–H groups in total. The summed E-state index contributed by atoms with van der Waals surface area (Å²) >= 11 is 5.79. The number of rotatable bonds is 6. The molecule has 0 amide bonds. The van der Waals surface area contributed by atoms with Crippen LogP contribution in [0.1, 0.15) is 23.7 Å². The van der Waals surface area contributed by atoms with Crippen LogP contribution < -0.4 is 21.7 Å². The van der Waals surface area contributed by atoms with Crippen LogP contribution in [-0.2, 0) is 6.54 Å². The van der Waals surface area contributed by atoms with Crippen molar-refractivity contribution in [3.05, 3.63) is 55.4 Å². The average molecular weight is 356 g/mol. The molecule has 0 atom stereocenters. The fourth-order valence-corrected chi connectivity index (χ4v) is 2.33. The molecule has 128 valence electrons. The van der Waals surface area contributed by atoms with Gasteiger partial charge >= 0.3 is 5.69 Å². The van der Waals surface area contributed by atoms with Gasteiger partial charge in [0.1, 0.15) is 22.9 Å². The summed E-state index contributed by atoms with van der Waals surface area (Å²) < 4.78 is 19.3. The molecule has 0 saturated heterocycles. The quantitative estimate of drug-likeness (QED) is 0.765. The molecule has 9 heteroatoms. The Bertz CT molecular complexity index is 891. The van der Waals surface area contributed by atoms with Crippen molar-refractivity contribution in [3.63, 3.8) is 0 Å². The van der Waals surface area contributed by atoms with Crippen LogP contribution >= 0.6 is 11.6 Å². The second kappa shape index (κ2) is 7.31. The van der Waals surface area contributed by atoms with Gasteiger partial charge in [-0.15, -0.1) is 0 Å². The molecule has 2 aromatic rings. The van der Waals surface area contributed by atoms with Gasteiger partial charge in [-0.25, -0.2) is 9.18 Å². The van der Waals surface area contributed by atoms with Gasteiger partial charge in [0, 0.05) is 6.54 Å². The molecule has 7 nitrogen and oxygen atoms in total. The number of carbonyl (C=O) groups excluding carboxylic acids is 1. The number of nitrogens with one attached hydrogen (secondary N) is 1. The summed E-state index contributed by atoms with van der Waals surface area (Å²) in [6, 6.07) is 3.41. The lowest BCUT2D eigenvalue weighted by molar-refractivity contribution is 0.0920. The number of hydrogen-bond acceptors (Lipinski definition) is 5. The fraction of sp³-hybridized carbons (Fsp3) is 0.267. The van der Waals surface area contributed by atoms with E-state index in [9.17, 15) is 18.8 Å². The lowest BCUT2D eigenvalue weighted by Crippen LogP contribution is -2.37. The molecule has 24 heavy (non-hydrogen) atoms. The Morgan fingerprint density at radius 2 is 2.12 bits per heavy atom. The predicted molar refractivity (Wildman–Crippen MR) is 87.3 cm³/mol. The molecule has 0 bridgehead atoms. The van der Waals surface area contributed by atoms with Gasteiger partial charge in [0.15, 0.2) is 6.61 Å². The molecule has 1 aromatic carbocycles. The number of aromatic amines is 1. The lowest BCUT2D eigenvalue weighted by atomic mass is 10.2. The van der Waals surface area contributed by atoms with Gasteiger partial charge in [0.25, 0.3) is 5.56 Å². The minimum atomic E-state index is -0.886. The molecule has 0 aliphatic carbocycles. The molecular formula is C15H15ClFN3O4. The number of halogens is 2. The summed E-state index contributed by atoms with van der Waals surface area (Å²) in [7, 11) is 0. The number of hydrogen-bond donors (Lipinski definition) is 2. The van der Waals surface area contributed by atoms with E-state index >= 15 is 0 Å². The Labute approximate surface area is 140 Å². The van der Waals surface area contributed by atoms with Gasteiger partial charge in [0.2, 0.25) is 5.78 Å². The van der Waals surface area contributed by atoms with Crippen molar-refractivity contribution in [1.29, 1.82) is 0 Å². The number of nitrogens with zero attached hydrogens (tertiary/aromatic N) is 1. The van der Waals surface area contributed by atoms with E-state index in [1.807, 2.05) is 6.92 Å². The monoisotopic (exact) mass is 355 g/mol. The van der Waals surface area contributed by atoms with Gasteiger partial charge in [-0.3, -0.25) is 19.1 Å². The number of aromatic nitrogens is 2. The van der Waals surface area contributed by atoms with Crippen molar-refractivity contribution in [2.75, 3.05) is 12.3 Å². The van der Waals surface area contributed by atoms with Crippen molar-refractivity contribution in [2.45, 2.75) is 19.9 Å². The first-order valence-electron chi connectivity index (χ1n) is 7.08. The third-order valence-electron chi connectivity index (χ3n) is 3.22. The molecule has 1 aromatic heterocycles. The largest absolute Gasteiger partial charge is 0.484 e. The minimum Gasteiger partial charge on any atom is -0.484 e. The van der Waals surface area contributed by atoms with Crippen LogP contribution in [0.4, 0.5) is 10.2 Å². The van der Waals surface area contributed by atoms with Crippen LogP contribution in [0.5, 0.6) is 5.75 Å². The number of carbonyl (C=O) groups is 1. The van der Waals surface area contributed by atoms with E-state index in [0.717, 1.165) is 16.7 Å². The zero-order chi connectivity index (χ0) is 17.9. The number of ketones is 1. The van der Waals surface area contributed by atoms with Gasteiger partial charge in [-0.05, 0) is 24.6 Å². The van der Waals surface area contributed by atoms with Crippen LogP contribution in [0.3, 0.4) is 0 Å². The highest BCUT2D eigenvalue weighted by molar-refractivity contribution is 6.32. The molecule has 0 aliphatic rings. The third-order valence-corrected chi connectivity index (χ3v) is 3.51. The Hall–Kier alpha value is -2.61. The van der Waals surface area contributed by atoms with Crippen molar-refractivity contribution >= 4 is 23.2 Å². The highest BCUT2D eigenvalue weighted by atomic mass is 35.5. The van der Waals surface area contributed by atoms with Crippen LogP contribution in [0.25, 0.3) is 0 Å². The van der Waals surface area contributed by atoms with E-state index < -0.39 is 29.5 Å². The first-order chi connectivity index (χ1) is 11.3. The molecular weight excluding hydrogens is 341 g/mol. The molecule has 1 heterocycles. The number of Topliss-reactive ketones (excluding diaryl/α,β-unsaturated/α-hetero) is 1. The van der Waals surface area contributed by atoms with Gasteiger partial charge < -0.3 is 10.5 Å². The van der Waals surface area contributed by atoms with Crippen molar-refractivity contribution in [3.8, 4) is 5.75 Å². The minimum absolute atomic E-state index is 0.0133. The zero-order valence-corrected chi connectivity index (χ0v) is 13.5. The van der Waals surface area contributed by atoms with Crippen LogP contribution in [-0.4, -0.2) is 21.9 Å². The van der Waals surface area contributed by atoms with Crippen LogP contribution in [0.2, 0.25) is 5.02 Å². The number of nitrogens with two attached hydrogens (primary N) is 1. The maximum atomic E-state index is 13.0. The first kappa shape index (κ1) is 17.7. The molecule has 0 saturated carbocycles. The Morgan fingerprint density at radius 1 is 1.42 bits per heavy atom. The fourth-order valence-electron chi connectivity index (χ4n) is 2.11. The number of benzene rings is 1. The molecule has 0 fully saturated rings. The standard InChI is InChI=1S/C15H15ClFN3O4/c1-2-5-20-13(18)12(14(22)19-15(20)23)10(21)7-24-11-4-3-8(17)6-9(11)16/h3-4,6H,2,5,7,18H2,1H3,(H,19,22,23). The van der Waals surface area contributed by atoms with E-state index in [4.69, 9.17) is 22.1 Å². The van der Waals surface area contributed by atoms with Crippen LogP contribution in [0, 0.1) is 5.82 Å². The summed E-state index contributed by atoms with van der Waals surface area (Å²) in [4.78, 5) is 37.9. The first-order valence-corrected chi connectivity index (χ1v) is 7.46. The molecule has 0 radical (unpaired) electrons. The number of H-pyrrole nitrogens is 1. The van der Waals surface area contributed by atoms with E-state index in [-0.39, 0.29) is 28.7 Å². The maximum Gasteiger partial charge on any atom is 0.329 e. The number of ether oxygens (including phenoxy) is 1. The van der Waals surface area contributed by atoms with Crippen LogP contribution in [0.15, 0.2) is 27.8 Å². The average Bonchev–Trinajstić information content (AvgIpc) is 2.50. The van der Waals surface area contributed by atoms with Gasteiger partial charge in [0.05, 0.1) is 5.02 Å². The number of nitrogen functional groups attached to an aromatic ring is 1. The van der Waals surface area contributed by atoms with E-state index in [2.05, 4.69) is 4.98 Å². The molecule has 0 spiro atoms. The van der Waals surface area contributed by atoms with E-state index in [0.29, 0.717) is 6.42 Å². The summed E-state index contributed by atoms with van der Waals surface area (Å²) in [5.41, 5.74) is 3.85. The SMILES string of the molecule is CCCn1c(N)c(C(=O)COc2ccc(F)cc2Cl)c(=O)[nH]c1=O. The summed E-state index contributed by atoms with van der Waals surface area (Å²) in [6.45, 7) is 1.54. The predicted octanol–water partition coefficient (Wildman–Crippen LogP) is 1.58. The maximum absolute atomic E-state index is 13.0. The van der Waals surface area contributed by atoms with E-state index in [1.54, 1.807) is 0 Å². The smallest absolute Gasteiger partial charge is 0.329 e. The van der Waals surface area contributed by atoms with Crippen molar-refractivity contribution in [1.82, 2.24) is 9.55 Å². The molecule has 2 rings (SSSR count). The highest BCUT2D eigenvalue weighted by Crippen LogP contribution is 2.25. The second-order valence-electron chi connectivity index (χ2n) is 4.96. The molecule has 0 aliphatic heterocycles. The zero-order valence-electron chi connectivity index (χ0n) is 12.8. The van der Waals surface area contributed by atoms with Gasteiger partial charge in [-0.2, -0.15) is 0 Å². The Kier molecular flexibility index (Phi) is 5.40. The Balaban J connectivity index is 2.28. The van der Waals surface area contributed by atoms with E-state index in [1.165, 1.54) is 6.07 Å². The summed E-state index contributed by atoms with van der Waals surface area (Å²) in [5.74, 6) is -1.40. The topological polar surface area (TPSA) is 107 Å². The third kappa shape index (κ3) is 3.65. The second-order valence-corrected chi connectivity index (χ2v) is 5.36. The Morgan fingerprint density at radius 3 is 2.75 bits per heavy atom. The molecule has 0 unspecified atom stereocenters. The normalized spacial score (nSPS) is 10.6.